The van der Waals surface area contributed by atoms with Crippen molar-refractivity contribution in [2.24, 2.45) is 7.05 Å². The van der Waals surface area contributed by atoms with Crippen LogP contribution in [0.15, 0.2) is 42.5 Å². The van der Waals surface area contributed by atoms with Gasteiger partial charge in [0.25, 0.3) is 5.91 Å². The Morgan fingerprint density at radius 2 is 1.76 bits per heavy atom. The van der Waals surface area contributed by atoms with Gasteiger partial charge < -0.3 is 5.32 Å². The first-order valence-electron chi connectivity index (χ1n) is 6.25. The average Bonchev–Trinajstić information content (AvgIpc) is 2.81. The standard InChI is InChI=1S/C15H11F2N3O/c1-20-12-8-3-2-5-9(12)13(19-20)15(21)18-14-10(16)6-4-7-11(14)17/h2-8H,1H3,(H,18,21). The number of benzene rings is 2. The predicted molar refractivity (Wildman–Crippen MR) is 75.0 cm³/mol. The molecule has 0 radical (unpaired) electrons. The molecule has 0 spiro atoms. The van der Waals surface area contributed by atoms with E-state index in [1.807, 2.05) is 12.1 Å². The summed E-state index contributed by atoms with van der Waals surface area (Å²) >= 11 is 0. The predicted octanol–water partition coefficient (Wildman–Crippen LogP) is 3.10. The number of fused-ring (bicyclic) bond motifs is 1. The fourth-order valence-corrected chi connectivity index (χ4v) is 2.17. The third kappa shape index (κ3) is 2.24. The highest BCUT2D eigenvalue weighted by Gasteiger charge is 2.18. The van der Waals surface area contributed by atoms with Crippen LogP contribution < -0.4 is 5.32 Å². The highest BCUT2D eigenvalue weighted by atomic mass is 19.1. The van der Waals surface area contributed by atoms with Gasteiger partial charge in [0, 0.05) is 12.4 Å². The Bertz CT molecular complexity index is 822. The molecule has 4 nitrogen and oxygen atoms in total. The molecule has 1 amide bonds. The van der Waals surface area contributed by atoms with Gasteiger partial charge >= 0.3 is 0 Å². The van der Waals surface area contributed by atoms with Gasteiger partial charge in [-0.1, -0.05) is 24.3 Å². The highest BCUT2D eigenvalue weighted by molar-refractivity contribution is 6.11. The van der Waals surface area contributed by atoms with Gasteiger partial charge in [-0.05, 0) is 18.2 Å². The SMILES string of the molecule is Cn1nc(C(=O)Nc2c(F)cccc2F)c2ccccc21. The zero-order valence-electron chi connectivity index (χ0n) is 11.1. The van der Waals surface area contributed by atoms with E-state index < -0.39 is 23.2 Å². The van der Waals surface area contributed by atoms with E-state index in [0.29, 0.717) is 5.39 Å². The summed E-state index contributed by atoms with van der Waals surface area (Å²) in [6.45, 7) is 0. The van der Waals surface area contributed by atoms with Crippen molar-refractivity contribution in [2.45, 2.75) is 0 Å². The second-order valence-corrected chi connectivity index (χ2v) is 4.54. The van der Waals surface area contributed by atoms with Crippen molar-refractivity contribution in [2.75, 3.05) is 5.32 Å². The molecule has 0 bridgehead atoms. The lowest BCUT2D eigenvalue weighted by atomic mass is 10.2. The fraction of sp³-hybridized carbons (Fsp3) is 0.0667. The Morgan fingerprint density at radius 3 is 2.48 bits per heavy atom. The Labute approximate surface area is 119 Å². The molecule has 106 valence electrons. The van der Waals surface area contributed by atoms with Crippen LogP contribution in [-0.4, -0.2) is 15.7 Å². The lowest BCUT2D eigenvalue weighted by Crippen LogP contribution is -2.15. The minimum atomic E-state index is -0.830. The van der Waals surface area contributed by atoms with E-state index in [-0.39, 0.29) is 5.69 Å². The van der Waals surface area contributed by atoms with E-state index in [2.05, 4.69) is 10.4 Å². The van der Waals surface area contributed by atoms with Crippen LogP contribution >= 0.6 is 0 Å². The summed E-state index contributed by atoms with van der Waals surface area (Å²) in [4.78, 5) is 12.2. The third-order valence-corrected chi connectivity index (χ3v) is 3.17. The molecule has 1 aromatic heterocycles. The molecule has 0 saturated heterocycles. The molecule has 3 aromatic rings. The molecular formula is C15H11F2N3O. The summed E-state index contributed by atoms with van der Waals surface area (Å²) < 4.78 is 28.7. The van der Waals surface area contributed by atoms with Gasteiger partial charge in [-0.15, -0.1) is 0 Å². The van der Waals surface area contributed by atoms with Crippen LogP contribution in [0.3, 0.4) is 0 Å². The van der Waals surface area contributed by atoms with Crippen LogP contribution in [0.5, 0.6) is 0 Å². The zero-order chi connectivity index (χ0) is 15.0. The summed E-state index contributed by atoms with van der Waals surface area (Å²) in [5, 5.41) is 6.96. The third-order valence-electron chi connectivity index (χ3n) is 3.17. The monoisotopic (exact) mass is 287 g/mol. The van der Waals surface area contributed by atoms with E-state index in [1.54, 1.807) is 23.9 Å². The summed E-state index contributed by atoms with van der Waals surface area (Å²) in [7, 11) is 1.70. The second-order valence-electron chi connectivity index (χ2n) is 4.54. The lowest BCUT2D eigenvalue weighted by Gasteiger charge is -2.05. The number of amides is 1. The molecular weight excluding hydrogens is 276 g/mol. The van der Waals surface area contributed by atoms with Crippen molar-refractivity contribution >= 4 is 22.5 Å². The minimum absolute atomic E-state index is 0.121. The Morgan fingerprint density at radius 1 is 1.10 bits per heavy atom. The summed E-state index contributed by atoms with van der Waals surface area (Å²) in [5.74, 6) is -2.32. The largest absolute Gasteiger partial charge is 0.316 e. The number of aryl methyl sites for hydroxylation is 1. The maximum Gasteiger partial charge on any atom is 0.276 e. The number of nitrogens with zero attached hydrogens (tertiary/aromatic N) is 2. The number of halogens is 2. The normalized spacial score (nSPS) is 10.8. The quantitative estimate of drug-likeness (QED) is 0.787. The number of nitrogens with one attached hydrogen (secondary N) is 1. The molecule has 2 aromatic carbocycles. The number of rotatable bonds is 2. The number of carbonyl (C=O) groups is 1. The first-order chi connectivity index (χ1) is 10.1. The van der Waals surface area contributed by atoms with Gasteiger partial charge in [0.05, 0.1) is 5.52 Å². The van der Waals surface area contributed by atoms with Gasteiger partial charge in [0.15, 0.2) is 5.69 Å². The van der Waals surface area contributed by atoms with Crippen molar-refractivity contribution in [3.05, 3.63) is 59.8 Å². The van der Waals surface area contributed by atoms with Crippen molar-refractivity contribution in [3.8, 4) is 0 Å². The Balaban J connectivity index is 2.02. The smallest absolute Gasteiger partial charge is 0.276 e. The summed E-state index contributed by atoms with van der Waals surface area (Å²) in [6, 6.07) is 10.5. The summed E-state index contributed by atoms with van der Waals surface area (Å²) in [6.07, 6.45) is 0. The molecule has 1 heterocycles. The molecule has 3 rings (SSSR count). The van der Waals surface area contributed by atoms with Gasteiger partial charge in [-0.3, -0.25) is 9.48 Å². The van der Waals surface area contributed by atoms with E-state index in [9.17, 15) is 13.6 Å². The van der Waals surface area contributed by atoms with Crippen LogP contribution in [0.25, 0.3) is 10.9 Å². The number of hydrogen-bond acceptors (Lipinski definition) is 2. The van der Waals surface area contributed by atoms with E-state index in [1.165, 1.54) is 6.07 Å². The van der Waals surface area contributed by atoms with E-state index in [4.69, 9.17) is 0 Å². The van der Waals surface area contributed by atoms with Gasteiger partial charge in [-0.2, -0.15) is 5.10 Å². The second kappa shape index (κ2) is 4.97. The fourth-order valence-electron chi connectivity index (χ4n) is 2.17. The van der Waals surface area contributed by atoms with Crippen molar-refractivity contribution in [3.63, 3.8) is 0 Å². The van der Waals surface area contributed by atoms with Crippen LogP contribution in [0.1, 0.15) is 10.5 Å². The first kappa shape index (κ1) is 13.2. The molecule has 0 aliphatic heterocycles. The van der Waals surface area contributed by atoms with E-state index in [0.717, 1.165) is 17.6 Å². The molecule has 1 N–H and O–H groups in total. The lowest BCUT2D eigenvalue weighted by molar-refractivity contribution is 0.102. The number of para-hydroxylation sites is 2. The molecule has 0 aliphatic carbocycles. The number of carbonyl (C=O) groups excluding carboxylic acids is 1. The van der Waals surface area contributed by atoms with E-state index >= 15 is 0 Å². The average molecular weight is 287 g/mol. The maximum absolute atomic E-state index is 13.6. The van der Waals surface area contributed by atoms with Gasteiger partial charge in [-0.25, -0.2) is 8.78 Å². The molecule has 0 unspecified atom stereocenters. The molecule has 0 saturated carbocycles. The Hall–Kier alpha value is -2.76. The molecule has 0 atom stereocenters. The van der Waals surface area contributed by atoms with Crippen molar-refractivity contribution in [1.29, 1.82) is 0 Å². The van der Waals surface area contributed by atoms with Crippen molar-refractivity contribution < 1.29 is 13.6 Å². The van der Waals surface area contributed by atoms with Crippen molar-refractivity contribution in [1.82, 2.24) is 9.78 Å². The van der Waals surface area contributed by atoms with Crippen LogP contribution in [-0.2, 0) is 7.05 Å². The number of hydrogen-bond donors (Lipinski definition) is 1. The topological polar surface area (TPSA) is 46.9 Å². The Kier molecular flexibility index (Phi) is 3.13. The molecule has 6 heteroatoms. The number of anilines is 1. The molecule has 21 heavy (non-hydrogen) atoms. The maximum atomic E-state index is 13.6. The van der Waals surface area contributed by atoms with Crippen LogP contribution in [0.2, 0.25) is 0 Å². The highest BCUT2D eigenvalue weighted by Crippen LogP contribution is 2.22. The molecule has 0 aliphatic rings. The summed E-state index contributed by atoms with van der Waals surface area (Å²) in [5.41, 5.74) is 0.407. The van der Waals surface area contributed by atoms with Gasteiger partial charge in [0.2, 0.25) is 0 Å². The van der Waals surface area contributed by atoms with Crippen LogP contribution in [0, 0.1) is 11.6 Å². The number of aromatic nitrogens is 2. The first-order valence-corrected chi connectivity index (χ1v) is 6.25. The molecule has 0 fully saturated rings. The van der Waals surface area contributed by atoms with Gasteiger partial charge in [0.1, 0.15) is 17.3 Å². The van der Waals surface area contributed by atoms with Crippen LogP contribution in [0.4, 0.5) is 14.5 Å². The minimum Gasteiger partial charge on any atom is -0.316 e. The zero-order valence-corrected chi connectivity index (χ0v) is 11.1.